The van der Waals surface area contributed by atoms with Crippen molar-refractivity contribution in [1.29, 1.82) is 0 Å². The average molecular weight is 316 g/mol. The Morgan fingerprint density at radius 1 is 1.43 bits per heavy atom. The minimum absolute atomic E-state index is 0.0859. The number of β-lactam (4-membered cyclic amide) rings is 1. The molecule has 0 bridgehead atoms. The van der Waals surface area contributed by atoms with Crippen LogP contribution in [0.15, 0.2) is 10.6 Å². The van der Waals surface area contributed by atoms with Gasteiger partial charge in [-0.2, -0.15) is 0 Å². The number of carbonyl (C=O) groups excluding carboxylic acids is 1. The fourth-order valence-corrected chi connectivity index (χ4v) is 4.14. The van der Waals surface area contributed by atoms with Crippen molar-refractivity contribution in [2.45, 2.75) is 37.3 Å². The Balaban J connectivity index is 2.22. The van der Waals surface area contributed by atoms with Crippen molar-refractivity contribution in [2.24, 2.45) is 11.7 Å². The predicted molar refractivity (Wildman–Crippen MR) is 72.9 cm³/mol. The number of hydrogen-bond acceptors (Lipinski definition) is 6. The first-order valence-electron chi connectivity index (χ1n) is 6.38. The Bertz CT molecular complexity index is 532. The Hall–Kier alpha value is -1.58. The maximum Gasteiger partial charge on any atom is 0.353 e. The van der Waals surface area contributed by atoms with Crippen LogP contribution >= 0.6 is 11.8 Å². The summed E-state index contributed by atoms with van der Waals surface area (Å²) < 4.78 is 0. The molecule has 21 heavy (non-hydrogen) atoms. The lowest BCUT2D eigenvalue weighted by Gasteiger charge is -2.43. The van der Waals surface area contributed by atoms with Crippen molar-refractivity contribution in [3.05, 3.63) is 10.6 Å². The molecule has 0 spiro atoms. The lowest BCUT2D eigenvalue weighted by molar-refractivity contribution is -0.156. The second-order valence-corrected chi connectivity index (χ2v) is 6.20. The Morgan fingerprint density at radius 2 is 2.05 bits per heavy atom. The Labute approximate surface area is 124 Å². The van der Waals surface area contributed by atoms with Crippen LogP contribution in [0.1, 0.15) is 19.8 Å². The number of carboxylic acids is 2. The third kappa shape index (κ3) is 2.63. The van der Waals surface area contributed by atoms with Crippen molar-refractivity contribution in [2.75, 3.05) is 0 Å². The topological polar surface area (TPSA) is 141 Å². The highest BCUT2D eigenvalue weighted by Crippen LogP contribution is 2.51. The molecule has 2 heterocycles. The first-order chi connectivity index (χ1) is 9.75. The summed E-state index contributed by atoms with van der Waals surface area (Å²) in [6.07, 6.45) is -0.977. The molecule has 1 saturated heterocycles. The van der Waals surface area contributed by atoms with Gasteiger partial charge < -0.3 is 21.1 Å². The van der Waals surface area contributed by atoms with Gasteiger partial charge in [0.1, 0.15) is 11.1 Å². The van der Waals surface area contributed by atoms with Gasteiger partial charge in [0.15, 0.2) is 0 Å². The number of hydrogen-bond donors (Lipinski definition) is 4. The summed E-state index contributed by atoms with van der Waals surface area (Å²) in [5.74, 6) is -3.40. The van der Waals surface area contributed by atoms with E-state index in [0.29, 0.717) is 4.91 Å². The highest BCUT2D eigenvalue weighted by atomic mass is 32.2. The molecule has 5 N–H and O–H groups in total. The Morgan fingerprint density at radius 3 is 2.52 bits per heavy atom. The van der Waals surface area contributed by atoms with Crippen molar-refractivity contribution in [1.82, 2.24) is 4.90 Å². The van der Waals surface area contributed by atoms with Gasteiger partial charge in [-0.3, -0.25) is 14.5 Å². The van der Waals surface area contributed by atoms with Crippen LogP contribution in [-0.4, -0.2) is 55.6 Å². The number of aliphatic hydroxyl groups is 1. The van der Waals surface area contributed by atoms with Gasteiger partial charge in [-0.25, -0.2) is 4.79 Å². The highest BCUT2D eigenvalue weighted by Gasteiger charge is 2.58. The van der Waals surface area contributed by atoms with Gasteiger partial charge in [-0.1, -0.05) is 11.8 Å². The summed E-state index contributed by atoms with van der Waals surface area (Å²) >= 11 is 1.12. The molecule has 0 saturated carbocycles. The fourth-order valence-electron chi connectivity index (χ4n) is 2.48. The molecule has 0 aliphatic carbocycles. The van der Waals surface area contributed by atoms with Crippen LogP contribution in [-0.2, 0) is 14.4 Å². The number of carboxylic acid groups (broad SMARTS) is 2. The molecular weight excluding hydrogens is 300 g/mol. The molecule has 2 aliphatic heterocycles. The molecule has 2 aliphatic rings. The second-order valence-electron chi connectivity index (χ2n) is 5.04. The van der Waals surface area contributed by atoms with E-state index < -0.39 is 41.3 Å². The van der Waals surface area contributed by atoms with Crippen LogP contribution in [0.2, 0.25) is 0 Å². The van der Waals surface area contributed by atoms with E-state index in [-0.39, 0.29) is 18.5 Å². The molecule has 8 nitrogen and oxygen atoms in total. The first kappa shape index (κ1) is 15.8. The molecule has 0 radical (unpaired) electrons. The normalized spacial score (nSPS) is 27.2. The molecule has 9 heteroatoms. The smallest absolute Gasteiger partial charge is 0.353 e. The van der Waals surface area contributed by atoms with E-state index in [9.17, 15) is 24.6 Å². The molecule has 4 atom stereocenters. The van der Waals surface area contributed by atoms with Gasteiger partial charge in [0.25, 0.3) is 0 Å². The van der Waals surface area contributed by atoms with Gasteiger partial charge in [0.2, 0.25) is 5.91 Å². The molecule has 2 rings (SSSR count). The number of fused-ring (bicyclic) bond motifs is 1. The van der Waals surface area contributed by atoms with E-state index in [2.05, 4.69) is 0 Å². The van der Waals surface area contributed by atoms with E-state index >= 15 is 0 Å². The summed E-state index contributed by atoms with van der Waals surface area (Å²) in [7, 11) is 0. The fraction of sp³-hybridized carbons (Fsp3) is 0.583. The molecule has 0 aromatic rings. The number of aliphatic hydroxyl groups excluding tert-OH is 1. The molecule has 1 fully saturated rings. The van der Waals surface area contributed by atoms with Crippen LogP contribution in [0.5, 0.6) is 0 Å². The Kier molecular flexibility index (Phi) is 4.26. The van der Waals surface area contributed by atoms with Gasteiger partial charge in [-0.15, -0.1) is 0 Å². The molecule has 1 amide bonds. The van der Waals surface area contributed by atoms with E-state index in [1.807, 2.05) is 0 Å². The van der Waals surface area contributed by atoms with Crippen molar-refractivity contribution in [3.8, 4) is 0 Å². The molecule has 0 aromatic carbocycles. The third-order valence-corrected chi connectivity index (χ3v) is 5.03. The lowest BCUT2D eigenvalue weighted by Crippen LogP contribution is -2.60. The molecule has 0 aromatic heterocycles. The summed E-state index contributed by atoms with van der Waals surface area (Å²) in [5, 5.41) is 27.0. The van der Waals surface area contributed by atoms with Gasteiger partial charge in [0.05, 0.1) is 12.0 Å². The highest BCUT2D eigenvalue weighted by molar-refractivity contribution is 8.04. The number of rotatable bonds is 6. The van der Waals surface area contributed by atoms with Gasteiger partial charge >= 0.3 is 11.9 Å². The number of nitrogens with two attached hydrogens (primary N) is 1. The first-order valence-corrected chi connectivity index (χ1v) is 7.26. The van der Waals surface area contributed by atoms with Crippen LogP contribution in [0.4, 0.5) is 0 Å². The zero-order valence-electron chi connectivity index (χ0n) is 11.2. The van der Waals surface area contributed by atoms with E-state index in [1.165, 1.54) is 6.92 Å². The second kappa shape index (κ2) is 5.66. The third-order valence-electron chi connectivity index (χ3n) is 3.53. The van der Waals surface area contributed by atoms with E-state index in [1.54, 1.807) is 0 Å². The summed E-state index contributed by atoms with van der Waals surface area (Å²) in [6, 6.07) is -0.759. The quantitative estimate of drug-likeness (QED) is 0.475. The number of nitrogens with zero attached hydrogens (tertiary/aromatic N) is 1. The predicted octanol–water partition coefficient (Wildman–Crippen LogP) is -0.613. The van der Waals surface area contributed by atoms with Gasteiger partial charge in [0, 0.05) is 17.4 Å². The van der Waals surface area contributed by atoms with Crippen molar-refractivity contribution >= 4 is 29.6 Å². The minimum Gasteiger partial charge on any atom is -0.481 e. The van der Waals surface area contributed by atoms with E-state index in [0.717, 1.165) is 16.7 Å². The minimum atomic E-state index is -1.27. The van der Waals surface area contributed by atoms with Crippen LogP contribution < -0.4 is 5.73 Å². The molecule has 116 valence electrons. The zero-order valence-corrected chi connectivity index (χ0v) is 12.0. The standard InChI is InChI=1S/C12H16N2O6S/c1-4(15)7-10(18)14-8(12(19)20)9(21-11(7)14)5(13)2-3-6(16)17/h4-5,7,11,15H,2-3,13H2,1H3,(H,16,17)(H,19,20)/t4?,5?,7?,11-/m0/s1. The number of amides is 1. The number of aliphatic carboxylic acids is 2. The summed E-state index contributed by atoms with van der Waals surface area (Å²) in [4.78, 5) is 35.3. The molecular formula is C12H16N2O6S. The summed E-state index contributed by atoms with van der Waals surface area (Å²) in [5.41, 5.74) is 5.68. The SMILES string of the molecule is CC(O)C1C(=O)N2C(C(=O)O)=C(C(N)CCC(=O)O)S[C@@H]12. The van der Waals surface area contributed by atoms with Crippen LogP contribution in [0, 0.1) is 5.92 Å². The van der Waals surface area contributed by atoms with Crippen molar-refractivity contribution < 1.29 is 29.7 Å². The maximum atomic E-state index is 12.0. The van der Waals surface area contributed by atoms with Gasteiger partial charge in [-0.05, 0) is 13.3 Å². The zero-order chi connectivity index (χ0) is 15.9. The monoisotopic (exact) mass is 316 g/mol. The van der Waals surface area contributed by atoms with Crippen LogP contribution in [0.25, 0.3) is 0 Å². The average Bonchev–Trinajstić information content (AvgIpc) is 2.70. The summed E-state index contributed by atoms with van der Waals surface area (Å²) in [6.45, 7) is 1.48. The van der Waals surface area contributed by atoms with Crippen molar-refractivity contribution in [3.63, 3.8) is 0 Å². The van der Waals surface area contributed by atoms with E-state index in [4.69, 9.17) is 10.8 Å². The molecule has 3 unspecified atom stereocenters. The largest absolute Gasteiger partial charge is 0.481 e. The van der Waals surface area contributed by atoms with Crippen LogP contribution in [0.3, 0.4) is 0 Å². The lowest BCUT2D eigenvalue weighted by atomic mass is 9.92. The number of carbonyl (C=O) groups is 3. The number of thioether (sulfide) groups is 1. The maximum absolute atomic E-state index is 12.0.